The van der Waals surface area contributed by atoms with E-state index in [2.05, 4.69) is 30.5 Å². The van der Waals surface area contributed by atoms with Gasteiger partial charge >= 0.3 is 0 Å². The lowest BCUT2D eigenvalue weighted by Gasteiger charge is -2.21. The van der Waals surface area contributed by atoms with Crippen LogP contribution in [0.5, 0.6) is 5.75 Å². The second-order valence-corrected chi connectivity index (χ2v) is 9.22. The van der Waals surface area contributed by atoms with E-state index in [-0.39, 0.29) is 11.7 Å². The topological polar surface area (TPSA) is 50.7 Å². The Morgan fingerprint density at radius 3 is 2.71 bits per heavy atom. The molecule has 1 N–H and O–H groups in total. The zero-order valence-corrected chi connectivity index (χ0v) is 21.2. The molecule has 0 radical (unpaired) electrons. The summed E-state index contributed by atoms with van der Waals surface area (Å²) >= 11 is 6.42. The number of fused-ring (bicyclic) bond motifs is 1. The molecule has 1 unspecified atom stereocenters. The highest BCUT2D eigenvalue weighted by molar-refractivity contribution is 6.32. The fourth-order valence-corrected chi connectivity index (χ4v) is 4.56. The van der Waals surface area contributed by atoms with Crippen molar-refractivity contribution in [1.82, 2.24) is 0 Å². The number of carbonyl (C=O) groups is 1. The first-order valence-corrected chi connectivity index (χ1v) is 12.4. The molecule has 4 nitrogen and oxygen atoms in total. The van der Waals surface area contributed by atoms with Gasteiger partial charge < -0.3 is 10.1 Å². The van der Waals surface area contributed by atoms with Crippen LogP contribution in [0.2, 0.25) is 5.02 Å². The maximum absolute atomic E-state index is 12.5. The third kappa shape index (κ3) is 5.83. The molecule has 0 saturated carbocycles. The molecule has 0 amide bonds. The molecule has 0 aromatic heterocycles. The van der Waals surface area contributed by atoms with Gasteiger partial charge in [-0.3, -0.25) is 9.79 Å². The van der Waals surface area contributed by atoms with Gasteiger partial charge in [0.25, 0.3) is 0 Å². The van der Waals surface area contributed by atoms with Gasteiger partial charge in [-0.1, -0.05) is 48.4 Å². The largest absolute Gasteiger partial charge is 0.495 e. The van der Waals surface area contributed by atoms with Crippen LogP contribution < -0.4 is 10.1 Å². The Labute approximate surface area is 212 Å². The van der Waals surface area contributed by atoms with E-state index in [4.69, 9.17) is 21.3 Å². The van der Waals surface area contributed by atoms with E-state index in [1.54, 1.807) is 13.2 Å². The number of carbonyl (C=O) groups excluding carboxylic acids is 1. The predicted molar refractivity (Wildman–Crippen MR) is 146 cm³/mol. The lowest BCUT2D eigenvalue weighted by Crippen LogP contribution is -2.20. The van der Waals surface area contributed by atoms with Gasteiger partial charge in [-0.25, -0.2) is 0 Å². The van der Waals surface area contributed by atoms with Crippen LogP contribution in [-0.4, -0.2) is 18.6 Å². The first kappa shape index (κ1) is 24.7. The molecule has 5 heteroatoms. The van der Waals surface area contributed by atoms with Crippen molar-refractivity contribution in [3.05, 3.63) is 100 Å². The SMILES string of the molecule is CCC(C)=CC(=O)c1ccc(N/C2=C\C/C=C\CCC3C(c4ccc(OC)c(Cl)c4)=CN=C23)cc1. The van der Waals surface area contributed by atoms with Gasteiger partial charge in [-0.2, -0.15) is 0 Å². The number of anilines is 1. The van der Waals surface area contributed by atoms with E-state index in [1.807, 2.05) is 55.6 Å². The Bertz CT molecular complexity index is 1250. The molecule has 1 aliphatic carbocycles. The van der Waals surface area contributed by atoms with Crippen LogP contribution in [0.3, 0.4) is 0 Å². The summed E-state index contributed by atoms with van der Waals surface area (Å²) in [6.07, 6.45) is 13.9. The molecule has 180 valence electrons. The Hall–Kier alpha value is -3.37. The number of allylic oxidation sites excluding steroid dienone is 7. The summed E-state index contributed by atoms with van der Waals surface area (Å²) in [5, 5.41) is 4.15. The van der Waals surface area contributed by atoms with Crippen molar-refractivity contribution in [2.24, 2.45) is 10.9 Å². The fraction of sp³-hybridized carbons (Fsp3) is 0.267. The molecule has 35 heavy (non-hydrogen) atoms. The summed E-state index contributed by atoms with van der Waals surface area (Å²) in [4.78, 5) is 17.3. The predicted octanol–water partition coefficient (Wildman–Crippen LogP) is 8.04. The van der Waals surface area contributed by atoms with E-state index in [1.165, 1.54) is 0 Å². The molecule has 4 rings (SSSR count). The normalized spacial score (nSPS) is 20.3. The first-order chi connectivity index (χ1) is 17.0. The molecule has 1 aliphatic heterocycles. The molecule has 2 aromatic rings. The van der Waals surface area contributed by atoms with E-state index in [0.29, 0.717) is 16.3 Å². The average Bonchev–Trinajstić information content (AvgIpc) is 3.31. The van der Waals surface area contributed by atoms with Crippen LogP contribution in [0, 0.1) is 5.92 Å². The van der Waals surface area contributed by atoms with E-state index in [0.717, 1.165) is 59.5 Å². The van der Waals surface area contributed by atoms with Crippen molar-refractivity contribution in [3.63, 3.8) is 0 Å². The molecule has 1 heterocycles. The molecule has 0 saturated heterocycles. The van der Waals surface area contributed by atoms with Crippen molar-refractivity contribution < 1.29 is 9.53 Å². The van der Waals surface area contributed by atoms with E-state index in [9.17, 15) is 4.79 Å². The van der Waals surface area contributed by atoms with Crippen molar-refractivity contribution >= 4 is 34.4 Å². The number of benzene rings is 2. The second kappa shape index (κ2) is 11.4. The molecular formula is C30H31ClN2O2. The highest BCUT2D eigenvalue weighted by Crippen LogP contribution is 2.38. The molecule has 2 aromatic carbocycles. The maximum Gasteiger partial charge on any atom is 0.185 e. The Morgan fingerprint density at radius 1 is 1.20 bits per heavy atom. The van der Waals surface area contributed by atoms with Crippen LogP contribution >= 0.6 is 11.6 Å². The smallest absolute Gasteiger partial charge is 0.185 e. The lowest BCUT2D eigenvalue weighted by atomic mass is 9.86. The maximum atomic E-state index is 12.5. The van der Waals surface area contributed by atoms with Crippen molar-refractivity contribution in [1.29, 1.82) is 0 Å². The van der Waals surface area contributed by atoms with E-state index < -0.39 is 0 Å². The number of rotatable bonds is 7. The molecular weight excluding hydrogens is 456 g/mol. The number of aliphatic imine (C=N–C) groups is 1. The number of nitrogens with one attached hydrogen (secondary N) is 1. The summed E-state index contributed by atoms with van der Waals surface area (Å²) < 4.78 is 5.32. The van der Waals surface area contributed by atoms with Gasteiger partial charge in [0, 0.05) is 23.4 Å². The Kier molecular flexibility index (Phi) is 8.04. The van der Waals surface area contributed by atoms with Crippen LogP contribution in [0.15, 0.2) is 89.2 Å². The third-order valence-corrected chi connectivity index (χ3v) is 6.73. The fourth-order valence-electron chi connectivity index (χ4n) is 4.30. The van der Waals surface area contributed by atoms with Gasteiger partial charge in [-0.15, -0.1) is 0 Å². The minimum Gasteiger partial charge on any atom is -0.495 e. The van der Waals surface area contributed by atoms with Crippen LogP contribution in [0.25, 0.3) is 5.57 Å². The average molecular weight is 487 g/mol. The van der Waals surface area contributed by atoms with Crippen LogP contribution in [0.1, 0.15) is 55.5 Å². The van der Waals surface area contributed by atoms with Crippen LogP contribution in [0.4, 0.5) is 5.69 Å². The number of hydrogen-bond donors (Lipinski definition) is 1. The summed E-state index contributed by atoms with van der Waals surface area (Å²) in [6, 6.07) is 13.5. The number of hydrogen-bond acceptors (Lipinski definition) is 4. The number of halogens is 1. The van der Waals surface area contributed by atoms with Crippen molar-refractivity contribution in [2.45, 2.75) is 39.5 Å². The monoisotopic (exact) mass is 486 g/mol. The van der Waals surface area contributed by atoms with Gasteiger partial charge in [0.15, 0.2) is 5.78 Å². The molecule has 2 aliphatic rings. The quantitative estimate of drug-likeness (QED) is 0.245. The zero-order chi connectivity index (χ0) is 24.8. The minimum atomic E-state index is 0.0370. The minimum absolute atomic E-state index is 0.0370. The molecule has 1 atom stereocenters. The number of ketones is 1. The first-order valence-electron chi connectivity index (χ1n) is 12.1. The Morgan fingerprint density at radius 2 is 2.00 bits per heavy atom. The summed E-state index contributed by atoms with van der Waals surface area (Å²) in [7, 11) is 1.62. The van der Waals surface area contributed by atoms with Gasteiger partial charge in [0.05, 0.1) is 23.5 Å². The number of methoxy groups -OCH3 is 1. The summed E-state index contributed by atoms with van der Waals surface area (Å²) in [5.74, 6) is 0.857. The standard InChI is InChI=1S/C30H31ClN2O2/c1-4-20(2)17-28(34)21-11-14-23(15-12-21)33-27-10-8-6-5-7-9-24-25(19-32-30(24)27)22-13-16-29(35-3)26(31)18-22/h5-6,10-19,24,33H,4,7-9H2,1-3H3/b6-5-,20-17?,27-10-. The highest BCUT2D eigenvalue weighted by Gasteiger charge is 2.29. The van der Waals surface area contributed by atoms with Crippen LogP contribution in [-0.2, 0) is 0 Å². The third-order valence-electron chi connectivity index (χ3n) is 6.44. The summed E-state index contributed by atoms with van der Waals surface area (Å²) in [6.45, 7) is 4.03. The molecule has 0 bridgehead atoms. The van der Waals surface area contributed by atoms with E-state index >= 15 is 0 Å². The van der Waals surface area contributed by atoms with Crippen molar-refractivity contribution in [2.75, 3.05) is 12.4 Å². The number of nitrogens with zero attached hydrogens (tertiary/aromatic N) is 1. The molecule has 0 spiro atoms. The summed E-state index contributed by atoms with van der Waals surface area (Å²) in [5.41, 5.74) is 6.92. The lowest BCUT2D eigenvalue weighted by molar-refractivity contribution is 0.104. The number of ether oxygens (including phenoxy) is 1. The highest BCUT2D eigenvalue weighted by atomic mass is 35.5. The van der Waals surface area contributed by atoms with Gasteiger partial charge in [0.1, 0.15) is 5.75 Å². The van der Waals surface area contributed by atoms with Crippen molar-refractivity contribution in [3.8, 4) is 5.75 Å². The molecule has 0 fully saturated rings. The van der Waals surface area contributed by atoms with Gasteiger partial charge in [-0.05, 0) is 86.2 Å². The second-order valence-electron chi connectivity index (χ2n) is 8.81. The zero-order valence-electron chi connectivity index (χ0n) is 20.5. The van der Waals surface area contributed by atoms with Gasteiger partial charge in [0.2, 0.25) is 0 Å². The Balaban J connectivity index is 1.56.